The minimum atomic E-state index is -0.142. The third kappa shape index (κ3) is 4.13. The standard InChI is InChI=1S/C19H20O4/c1-4-23-19-12-14(7-9-17(19)21)6-8-16(20)15-11-13(2)5-10-18(15)22-3/h5-12,21H,4H2,1-3H3. The molecular weight excluding hydrogens is 292 g/mol. The number of methoxy groups -OCH3 is 1. The Balaban J connectivity index is 2.25. The van der Waals surface area contributed by atoms with Crippen LogP contribution in [-0.4, -0.2) is 24.6 Å². The summed E-state index contributed by atoms with van der Waals surface area (Å²) in [5, 5.41) is 9.69. The Morgan fingerprint density at radius 1 is 1.17 bits per heavy atom. The monoisotopic (exact) mass is 312 g/mol. The zero-order valence-electron chi connectivity index (χ0n) is 13.5. The third-order valence-electron chi connectivity index (χ3n) is 3.33. The van der Waals surface area contributed by atoms with Gasteiger partial charge in [0.1, 0.15) is 5.75 Å². The van der Waals surface area contributed by atoms with Gasteiger partial charge in [-0.05, 0) is 49.8 Å². The van der Waals surface area contributed by atoms with Crippen molar-refractivity contribution in [2.24, 2.45) is 0 Å². The number of hydrogen-bond acceptors (Lipinski definition) is 4. The Morgan fingerprint density at radius 3 is 2.65 bits per heavy atom. The van der Waals surface area contributed by atoms with Crippen LogP contribution in [0.15, 0.2) is 42.5 Å². The van der Waals surface area contributed by atoms with Crippen molar-refractivity contribution >= 4 is 11.9 Å². The van der Waals surface area contributed by atoms with Crippen molar-refractivity contribution in [3.05, 3.63) is 59.2 Å². The summed E-state index contributed by atoms with van der Waals surface area (Å²) in [7, 11) is 1.54. The van der Waals surface area contributed by atoms with Crippen LogP contribution >= 0.6 is 0 Å². The molecule has 0 unspecified atom stereocenters. The fraction of sp³-hybridized carbons (Fsp3) is 0.211. The molecule has 120 valence electrons. The van der Waals surface area contributed by atoms with E-state index in [4.69, 9.17) is 9.47 Å². The van der Waals surface area contributed by atoms with E-state index in [1.165, 1.54) is 6.08 Å². The number of ketones is 1. The zero-order valence-corrected chi connectivity index (χ0v) is 13.5. The minimum Gasteiger partial charge on any atom is -0.504 e. The van der Waals surface area contributed by atoms with Crippen LogP contribution in [0.25, 0.3) is 6.08 Å². The first-order valence-electron chi connectivity index (χ1n) is 7.38. The topological polar surface area (TPSA) is 55.8 Å². The van der Waals surface area contributed by atoms with Crippen LogP contribution in [0.1, 0.15) is 28.4 Å². The SMILES string of the molecule is CCOc1cc(C=CC(=O)c2cc(C)ccc2OC)ccc1O. The molecule has 0 amide bonds. The number of carbonyl (C=O) groups excluding carboxylic acids is 1. The van der Waals surface area contributed by atoms with Gasteiger partial charge in [-0.2, -0.15) is 0 Å². The Bertz CT molecular complexity index is 732. The molecule has 2 aromatic carbocycles. The van der Waals surface area contributed by atoms with Gasteiger partial charge in [-0.1, -0.05) is 23.8 Å². The molecule has 0 saturated carbocycles. The number of aromatic hydroxyl groups is 1. The largest absolute Gasteiger partial charge is 0.504 e. The molecule has 0 aromatic heterocycles. The van der Waals surface area contributed by atoms with E-state index in [-0.39, 0.29) is 11.5 Å². The van der Waals surface area contributed by atoms with Crippen LogP contribution in [0.5, 0.6) is 17.2 Å². The Kier molecular flexibility index (Phi) is 5.41. The molecule has 0 spiro atoms. The maximum absolute atomic E-state index is 12.4. The van der Waals surface area contributed by atoms with E-state index in [0.29, 0.717) is 23.7 Å². The molecule has 2 aromatic rings. The Labute approximate surface area is 136 Å². The van der Waals surface area contributed by atoms with Crippen molar-refractivity contribution in [2.45, 2.75) is 13.8 Å². The number of phenols is 1. The number of phenolic OH excluding ortho intramolecular Hbond substituents is 1. The molecule has 4 nitrogen and oxygen atoms in total. The van der Waals surface area contributed by atoms with Crippen LogP contribution in [-0.2, 0) is 0 Å². The number of carbonyl (C=O) groups is 1. The highest BCUT2D eigenvalue weighted by atomic mass is 16.5. The summed E-state index contributed by atoms with van der Waals surface area (Å²) in [4.78, 5) is 12.4. The van der Waals surface area contributed by atoms with Gasteiger partial charge in [0.2, 0.25) is 0 Å². The Morgan fingerprint density at radius 2 is 1.96 bits per heavy atom. The van der Waals surface area contributed by atoms with E-state index >= 15 is 0 Å². The fourth-order valence-electron chi connectivity index (χ4n) is 2.18. The van der Waals surface area contributed by atoms with Gasteiger partial charge >= 0.3 is 0 Å². The van der Waals surface area contributed by atoms with Crippen molar-refractivity contribution in [3.63, 3.8) is 0 Å². The first kappa shape index (κ1) is 16.6. The average Bonchev–Trinajstić information content (AvgIpc) is 2.55. The lowest BCUT2D eigenvalue weighted by Crippen LogP contribution is -1.99. The summed E-state index contributed by atoms with van der Waals surface area (Å²) < 4.78 is 10.6. The molecule has 1 N–H and O–H groups in total. The van der Waals surface area contributed by atoms with E-state index in [0.717, 1.165) is 11.1 Å². The fourth-order valence-corrected chi connectivity index (χ4v) is 2.18. The van der Waals surface area contributed by atoms with Crippen molar-refractivity contribution < 1.29 is 19.4 Å². The summed E-state index contributed by atoms with van der Waals surface area (Å²) in [5.74, 6) is 0.883. The number of rotatable bonds is 6. The van der Waals surface area contributed by atoms with Crippen LogP contribution in [0, 0.1) is 6.92 Å². The molecule has 0 aliphatic heterocycles. The van der Waals surface area contributed by atoms with Gasteiger partial charge in [0.05, 0.1) is 19.3 Å². The lowest BCUT2D eigenvalue weighted by molar-refractivity contribution is 0.104. The molecule has 0 radical (unpaired) electrons. The summed E-state index contributed by atoms with van der Waals surface area (Å²) in [6.07, 6.45) is 3.17. The van der Waals surface area contributed by atoms with Crippen molar-refractivity contribution in [3.8, 4) is 17.2 Å². The van der Waals surface area contributed by atoms with Gasteiger partial charge in [0, 0.05) is 0 Å². The van der Waals surface area contributed by atoms with Crippen LogP contribution in [0.3, 0.4) is 0 Å². The van der Waals surface area contributed by atoms with E-state index < -0.39 is 0 Å². The van der Waals surface area contributed by atoms with Crippen molar-refractivity contribution in [1.82, 2.24) is 0 Å². The van der Waals surface area contributed by atoms with E-state index in [9.17, 15) is 9.90 Å². The molecule has 0 bridgehead atoms. The molecule has 0 saturated heterocycles. The lowest BCUT2D eigenvalue weighted by Gasteiger charge is -2.07. The lowest BCUT2D eigenvalue weighted by atomic mass is 10.1. The van der Waals surface area contributed by atoms with Crippen LogP contribution < -0.4 is 9.47 Å². The summed E-state index contributed by atoms with van der Waals surface area (Å²) in [5.41, 5.74) is 2.28. The molecule has 2 rings (SSSR count). The molecule has 23 heavy (non-hydrogen) atoms. The molecular formula is C19H20O4. The molecule has 0 atom stereocenters. The number of benzene rings is 2. The highest BCUT2D eigenvalue weighted by Crippen LogP contribution is 2.27. The summed E-state index contributed by atoms with van der Waals surface area (Å²) >= 11 is 0. The quantitative estimate of drug-likeness (QED) is 0.647. The highest BCUT2D eigenvalue weighted by Gasteiger charge is 2.10. The van der Waals surface area contributed by atoms with E-state index in [1.807, 2.05) is 19.9 Å². The normalized spacial score (nSPS) is 10.7. The van der Waals surface area contributed by atoms with Crippen molar-refractivity contribution in [1.29, 1.82) is 0 Å². The second kappa shape index (κ2) is 7.49. The number of hydrogen-bond donors (Lipinski definition) is 1. The van der Waals surface area contributed by atoms with Gasteiger partial charge in [-0.3, -0.25) is 4.79 Å². The summed E-state index contributed by atoms with van der Waals surface area (Å²) in [6.45, 7) is 4.23. The maximum atomic E-state index is 12.4. The second-order valence-electron chi connectivity index (χ2n) is 5.06. The van der Waals surface area contributed by atoms with Crippen LogP contribution in [0.4, 0.5) is 0 Å². The highest BCUT2D eigenvalue weighted by molar-refractivity contribution is 6.08. The summed E-state index contributed by atoms with van der Waals surface area (Å²) in [6, 6.07) is 10.4. The second-order valence-corrected chi connectivity index (χ2v) is 5.06. The van der Waals surface area contributed by atoms with Gasteiger partial charge in [0.25, 0.3) is 0 Å². The average molecular weight is 312 g/mol. The first-order valence-corrected chi connectivity index (χ1v) is 7.38. The molecule has 0 fully saturated rings. The predicted molar refractivity (Wildman–Crippen MR) is 90.4 cm³/mol. The maximum Gasteiger partial charge on any atom is 0.189 e. The van der Waals surface area contributed by atoms with Crippen LogP contribution in [0.2, 0.25) is 0 Å². The van der Waals surface area contributed by atoms with Gasteiger partial charge < -0.3 is 14.6 Å². The molecule has 0 heterocycles. The molecule has 0 aliphatic carbocycles. The smallest absolute Gasteiger partial charge is 0.189 e. The first-order chi connectivity index (χ1) is 11.0. The van der Waals surface area contributed by atoms with Gasteiger partial charge in [-0.15, -0.1) is 0 Å². The number of aryl methyl sites for hydroxylation is 1. The van der Waals surface area contributed by atoms with Gasteiger partial charge in [-0.25, -0.2) is 0 Å². The third-order valence-corrected chi connectivity index (χ3v) is 3.33. The number of allylic oxidation sites excluding steroid dienone is 1. The predicted octanol–water partition coefficient (Wildman–Crippen LogP) is 4.00. The van der Waals surface area contributed by atoms with E-state index in [1.54, 1.807) is 43.5 Å². The minimum absolute atomic E-state index is 0.0793. The molecule has 0 aliphatic rings. The Hall–Kier alpha value is -2.75. The molecule has 4 heteroatoms. The van der Waals surface area contributed by atoms with E-state index in [2.05, 4.69) is 0 Å². The zero-order chi connectivity index (χ0) is 16.8. The van der Waals surface area contributed by atoms with Gasteiger partial charge in [0.15, 0.2) is 17.3 Å². The van der Waals surface area contributed by atoms with Crippen molar-refractivity contribution in [2.75, 3.05) is 13.7 Å². The number of ether oxygens (including phenoxy) is 2.